The van der Waals surface area contributed by atoms with E-state index in [4.69, 9.17) is 11.6 Å². The molecule has 0 radical (unpaired) electrons. The van der Waals surface area contributed by atoms with Crippen LogP contribution < -0.4 is 4.90 Å². The van der Waals surface area contributed by atoms with Crippen LogP contribution in [-0.2, 0) is 6.42 Å². The van der Waals surface area contributed by atoms with E-state index in [0.717, 1.165) is 30.9 Å². The Hall–Kier alpha value is -0.480. The summed E-state index contributed by atoms with van der Waals surface area (Å²) in [5, 5.41) is 0.601. The summed E-state index contributed by atoms with van der Waals surface area (Å²) in [7, 11) is 0. The van der Waals surface area contributed by atoms with E-state index in [9.17, 15) is 0 Å². The minimum atomic E-state index is 0.601. The van der Waals surface area contributed by atoms with Gasteiger partial charge in [0.1, 0.15) is 17.3 Å². The fraction of sp³-hybridized carbons (Fsp3) is 0.636. The van der Waals surface area contributed by atoms with E-state index < -0.39 is 0 Å². The first-order valence-corrected chi connectivity index (χ1v) is 7.18. The number of nitrogens with zero attached hydrogens (tertiary/aromatic N) is 3. The molecule has 2 heterocycles. The third-order valence-electron chi connectivity index (χ3n) is 2.75. The normalized spacial score (nSPS) is 17.2. The van der Waals surface area contributed by atoms with E-state index >= 15 is 0 Å². The Bertz CT molecular complexity index is 351. The second-order valence-electron chi connectivity index (χ2n) is 3.77. The molecule has 0 unspecified atom stereocenters. The van der Waals surface area contributed by atoms with Crippen LogP contribution >= 0.6 is 23.4 Å². The summed E-state index contributed by atoms with van der Waals surface area (Å²) in [6.45, 7) is 4.24. The van der Waals surface area contributed by atoms with Gasteiger partial charge in [-0.2, -0.15) is 11.8 Å². The van der Waals surface area contributed by atoms with E-state index in [1.54, 1.807) is 6.33 Å². The van der Waals surface area contributed by atoms with Crippen LogP contribution in [0.3, 0.4) is 0 Å². The molecule has 0 atom stereocenters. The third-order valence-corrected chi connectivity index (χ3v) is 4.12. The van der Waals surface area contributed by atoms with Gasteiger partial charge in [-0.25, -0.2) is 9.97 Å². The van der Waals surface area contributed by atoms with Crippen molar-refractivity contribution in [2.75, 3.05) is 29.5 Å². The highest BCUT2D eigenvalue weighted by Crippen LogP contribution is 2.25. The van der Waals surface area contributed by atoms with E-state index in [1.807, 2.05) is 11.8 Å². The fourth-order valence-electron chi connectivity index (χ4n) is 1.92. The van der Waals surface area contributed by atoms with Gasteiger partial charge in [0.05, 0.1) is 0 Å². The van der Waals surface area contributed by atoms with E-state index in [2.05, 4.69) is 21.8 Å². The molecule has 0 amide bonds. The molecular weight excluding hydrogens is 242 g/mol. The average Bonchev–Trinajstić information content (AvgIpc) is 2.57. The zero-order chi connectivity index (χ0) is 11.4. The topological polar surface area (TPSA) is 29.0 Å². The summed E-state index contributed by atoms with van der Waals surface area (Å²) in [5.41, 5.74) is 1.08. The fourth-order valence-corrected chi connectivity index (χ4v) is 3.07. The largest absolute Gasteiger partial charge is 0.355 e. The Balaban J connectivity index is 2.27. The van der Waals surface area contributed by atoms with Crippen LogP contribution in [0, 0.1) is 0 Å². The second-order valence-corrected chi connectivity index (χ2v) is 5.36. The van der Waals surface area contributed by atoms with Crippen molar-refractivity contribution in [1.29, 1.82) is 0 Å². The lowest BCUT2D eigenvalue weighted by molar-refractivity contribution is 0.789. The molecule has 1 aliphatic heterocycles. The highest BCUT2D eigenvalue weighted by molar-refractivity contribution is 7.99. The average molecular weight is 258 g/mol. The zero-order valence-electron chi connectivity index (χ0n) is 9.45. The van der Waals surface area contributed by atoms with Gasteiger partial charge >= 0.3 is 0 Å². The third kappa shape index (κ3) is 2.61. The molecule has 1 fully saturated rings. The van der Waals surface area contributed by atoms with Crippen molar-refractivity contribution < 1.29 is 0 Å². The molecule has 2 rings (SSSR count). The van der Waals surface area contributed by atoms with Gasteiger partial charge in [-0.3, -0.25) is 0 Å². The van der Waals surface area contributed by atoms with Crippen LogP contribution in [0.15, 0.2) is 6.33 Å². The smallest absolute Gasteiger partial charge is 0.137 e. The van der Waals surface area contributed by atoms with Gasteiger partial charge in [-0.05, 0) is 18.6 Å². The number of hydrogen-bond acceptors (Lipinski definition) is 4. The predicted octanol–water partition coefficient (Wildman–Crippen LogP) is 2.64. The number of anilines is 1. The van der Waals surface area contributed by atoms with Crippen molar-refractivity contribution in [2.24, 2.45) is 0 Å². The molecule has 0 spiro atoms. The molecule has 1 aromatic rings. The molecule has 1 saturated heterocycles. The van der Waals surface area contributed by atoms with Crippen molar-refractivity contribution in [3.05, 3.63) is 17.0 Å². The molecule has 0 saturated carbocycles. The molecule has 16 heavy (non-hydrogen) atoms. The lowest BCUT2D eigenvalue weighted by atomic mass is 10.2. The van der Waals surface area contributed by atoms with Crippen LogP contribution in [0.4, 0.5) is 5.82 Å². The van der Waals surface area contributed by atoms with E-state index in [1.165, 1.54) is 17.9 Å². The molecule has 88 valence electrons. The van der Waals surface area contributed by atoms with Crippen molar-refractivity contribution in [3.8, 4) is 0 Å². The molecule has 1 aromatic heterocycles. The van der Waals surface area contributed by atoms with Gasteiger partial charge in [0.15, 0.2) is 0 Å². The quantitative estimate of drug-likeness (QED) is 0.762. The highest BCUT2D eigenvalue weighted by atomic mass is 35.5. The lowest BCUT2D eigenvalue weighted by Crippen LogP contribution is -2.27. The Kier molecular flexibility index (Phi) is 4.29. The Morgan fingerprint density at radius 2 is 2.25 bits per heavy atom. The van der Waals surface area contributed by atoms with Crippen LogP contribution in [0.5, 0.6) is 0 Å². The van der Waals surface area contributed by atoms with Crippen molar-refractivity contribution >= 4 is 29.2 Å². The number of halogens is 1. The minimum absolute atomic E-state index is 0.601. The monoisotopic (exact) mass is 257 g/mol. The maximum absolute atomic E-state index is 6.11. The number of aromatic nitrogens is 2. The van der Waals surface area contributed by atoms with Crippen LogP contribution in [0.2, 0.25) is 5.15 Å². The summed E-state index contributed by atoms with van der Waals surface area (Å²) >= 11 is 8.12. The zero-order valence-corrected chi connectivity index (χ0v) is 11.0. The van der Waals surface area contributed by atoms with E-state index in [0.29, 0.717) is 5.15 Å². The minimum Gasteiger partial charge on any atom is -0.355 e. The number of rotatable bonds is 2. The SMILES string of the molecule is CCc1c(Cl)ncnc1N1CCCSCC1. The number of hydrogen-bond donors (Lipinski definition) is 0. The van der Waals surface area contributed by atoms with Crippen LogP contribution in [0.1, 0.15) is 18.9 Å². The number of thioether (sulfide) groups is 1. The summed E-state index contributed by atoms with van der Waals surface area (Å²) in [6, 6.07) is 0. The summed E-state index contributed by atoms with van der Waals surface area (Å²) < 4.78 is 0. The second kappa shape index (κ2) is 5.73. The first-order valence-electron chi connectivity index (χ1n) is 5.65. The summed E-state index contributed by atoms with van der Waals surface area (Å²) in [6.07, 6.45) is 3.67. The molecule has 0 aliphatic carbocycles. The molecule has 1 aliphatic rings. The van der Waals surface area contributed by atoms with Crippen LogP contribution in [-0.4, -0.2) is 34.6 Å². The molecule has 0 N–H and O–H groups in total. The molecular formula is C11H16ClN3S. The van der Waals surface area contributed by atoms with Gasteiger partial charge in [0.2, 0.25) is 0 Å². The summed E-state index contributed by atoms with van der Waals surface area (Å²) in [4.78, 5) is 10.8. The maximum Gasteiger partial charge on any atom is 0.137 e. The van der Waals surface area contributed by atoms with Crippen molar-refractivity contribution in [3.63, 3.8) is 0 Å². The standard InChI is InChI=1S/C11H16ClN3S/c1-2-9-10(12)13-8-14-11(9)15-4-3-6-16-7-5-15/h8H,2-7H2,1H3. The maximum atomic E-state index is 6.11. The Morgan fingerprint density at radius 1 is 1.38 bits per heavy atom. The first kappa shape index (κ1) is 12.0. The molecule has 5 heteroatoms. The first-order chi connectivity index (χ1) is 7.83. The Labute approximate surface area is 106 Å². The predicted molar refractivity (Wildman–Crippen MR) is 70.6 cm³/mol. The van der Waals surface area contributed by atoms with Gasteiger partial charge in [-0.1, -0.05) is 18.5 Å². The van der Waals surface area contributed by atoms with Gasteiger partial charge in [-0.15, -0.1) is 0 Å². The van der Waals surface area contributed by atoms with Crippen molar-refractivity contribution in [2.45, 2.75) is 19.8 Å². The molecule has 3 nitrogen and oxygen atoms in total. The molecule has 0 aromatic carbocycles. The Morgan fingerprint density at radius 3 is 3.06 bits per heavy atom. The van der Waals surface area contributed by atoms with Gasteiger partial charge in [0, 0.05) is 24.4 Å². The van der Waals surface area contributed by atoms with Crippen LogP contribution in [0.25, 0.3) is 0 Å². The molecule has 0 bridgehead atoms. The van der Waals surface area contributed by atoms with Gasteiger partial charge < -0.3 is 4.90 Å². The summed E-state index contributed by atoms with van der Waals surface area (Å²) in [5.74, 6) is 3.45. The van der Waals surface area contributed by atoms with E-state index in [-0.39, 0.29) is 0 Å². The van der Waals surface area contributed by atoms with Gasteiger partial charge in [0.25, 0.3) is 0 Å². The lowest BCUT2D eigenvalue weighted by Gasteiger charge is -2.23. The highest BCUT2D eigenvalue weighted by Gasteiger charge is 2.16. The van der Waals surface area contributed by atoms with Crippen molar-refractivity contribution in [1.82, 2.24) is 9.97 Å².